The summed E-state index contributed by atoms with van der Waals surface area (Å²) in [6.07, 6.45) is 3.94. The Kier molecular flexibility index (Phi) is 5.90. The predicted octanol–water partition coefficient (Wildman–Crippen LogP) is -0.0156. The van der Waals surface area contributed by atoms with Gasteiger partial charge in [-0.2, -0.15) is 4.57 Å². The fourth-order valence-electron chi connectivity index (χ4n) is 1.84. The van der Waals surface area contributed by atoms with Crippen molar-refractivity contribution in [1.29, 1.82) is 0 Å². The van der Waals surface area contributed by atoms with Crippen molar-refractivity contribution in [3.63, 3.8) is 0 Å². The fraction of sp³-hybridized carbons (Fsp3) is 0.250. The third-order valence-electron chi connectivity index (χ3n) is 3.01. The van der Waals surface area contributed by atoms with Crippen LogP contribution >= 0.6 is 0 Å². The van der Waals surface area contributed by atoms with Gasteiger partial charge in [0, 0.05) is 17.7 Å². The van der Waals surface area contributed by atoms with Crippen molar-refractivity contribution >= 4 is 5.78 Å². The van der Waals surface area contributed by atoms with Gasteiger partial charge in [0.15, 0.2) is 12.4 Å². The van der Waals surface area contributed by atoms with Crippen LogP contribution in [0.1, 0.15) is 35.7 Å². The lowest BCUT2D eigenvalue weighted by atomic mass is 10.1. The summed E-state index contributed by atoms with van der Waals surface area (Å²) in [5, 5.41) is 0. The van der Waals surface area contributed by atoms with Crippen molar-refractivity contribution in [2.24, 2.45) is 0 Å². The van der Waals surface area contributed by atoms with E-state index in [1.807, 2.05) is 47.3 Å². The Bertz CT molecular complexity index is 520. The SMILES string of the molecule is CC(C)c1cc[n+](CC(=O)c2ccccc2)cc1.[Br-]. The van der Waals surface area contributed by atoms with E-state index < -0.39 is 0 Å². The number of carbonyl (C=O) groups is 1. The first-order valence-corrected chi connectivity index (χ1v) is 6.24. The molecule has 2 rings (SSSR count). The Balaban J connectivity index is 0.00000180. The van der Waals surface area contributed by atoms with Crippen molar-refractivity contribution in [2.45, 2.75) is 26.3 Å². The van der Waals surface area contributed by atoms with Gasteiger partial charge in [0.2, 0.25) is 12.3 Å². The van der Waals surface area contributed by atoms with Crippen molar-refractivity contribution in [1.82, 2.24) is 0 Å². The first kappa shape index (κ1) is 15.6. The molecule has 2 nitrogen and oxygen atoms in total. The van der Waals surface area contributed by atoms with Crippen molar-refractivity contribution in [2.75, 3.05) is 0 Å². The zero-order valence-corrected chi connectivity index (χ0v) is 12.8. The molecule has 0 saturated heterocycles. The lowest BCUT2D eigenvalue weighted by Crippen LogP contribution is -3.00. The van der Waals surface area contributed by atoms with Gasteiger partial charge >= 0.3 is 0 Å². The van der Waals surface area contributed by atoms with Crippen LogP contribution in [0.4, 0.5) is 0 Å². The van der Waals surface area contributed by atoms with Crippen molar-refractivity contribution < 1.29 is 26.3 Å². The second-order valence-electron chi connectivity index (χ2n) is 4.75. The van der Waals surface area contributed by atoms with Crippen LogP contribution in [0, 0.1) is 0 Å². The highest BCUT2D eigenvalue weighted by molar-refractivity contribution is 5.94. The molecule has 0 aliphatic rings. The highest BCUT2D eigenvalue weighted by Crippen LogP contribution is 2.10. The maximum Gasteiger partial charge on any atom is 0.227 e. The number of hydrogen-bond acceptors (Lipinski definition) is 1. The van der Waals surface area contributed by atoms with Crippen LogP contribution in [0.5, 0.6) is 0 Å². The molecule has 0 fully saturated rings. The van der Waals surface area contributed by atoms with E-state index in [-0.39, 0.29) is 22.8 Å². The molecule has 0 atom stereocenters. The number of Topliss-reactive ketones (excluding diaryl/α,β-unsaturated/α-hetero) is 1. The summed E-state index contributed by atoms with van der Waals surface area (Å²) < 4.78 is 1.92. The zero-order chi connectivity index (χ0) is 13.0. The molecule has 1 heterocycles. The fourth-order valence-corrected chi connectivity index (χ4v) is 1.84. The Morgan fingerprint density at radius 3 is 2.16 bits per heavy atom. The second kappa shape index (κ2) is 7.19. The van der Waals surface area contributed by atoms with E-state index in [4.69, 9.17) is 0 Å². The number of rotatable bonds is 4. The Morgan fingerprint density at radius 2 is 1.63 bits per heavy atom. The summed E-state index contributed by atoms with van der Waals surface area (Å²) in [7, 11) is 0. The molecular weight excluding hydrogens is 302 g/mol. The minimum Gasteiger partial charge on any atom is -1.00 e. The lowest BCUT2D eigenvalue weighted by Gasteiger charge is -2.03. The van der Waals surface area contributed by atoms with Gasteiger partial charge in [-0.15, -0.1) is 0 Å². The molecule has 0 N–H and O–H groups in total. The first-order valence-electron chi connectivity index (χ1n) is 6.24. The molecular formula is C16H18BrNO. The standard InChI is InChI=1S/C16H18NO.BrH/c1-13(2)14-8-10-17(11-9-14)12-16(18)15-6-4-3-5-7-15;/h3-11,13H,12H2,1-2H3;1H/q+1;/p-1. The monoisotopic (exact) mass is 319 g/mol. The molecule has 0 spiro atoms. The highest BCUT2D eigenvalue weighted by Gasteiger charge is 2.11. The predicted molar refractivity (Wildman–Crippen MR) is 71.5 cm³/mol. The average molecular weight is 320 g/mol. The lowest BCUT2D eigenvalue weighted by molar-refractivity contribution is -0.683. The largest absolute Gasteiger partial charge is 1.00 e. The average Bonchev–Trinajstić information content (AvgIpc) is 2.40. The van der Waals surface area contributed by atoms with E-state index in [2.05, 4.69) is 26.0 Å². The summed E-state index contributed by atoms with van der Waals surface area (Å²) in [6.45, 7) is 4.71. The molecule has 3 heteroatoms. The van der Waals surface area contributed by atoms with Gasteiger partial charge < -0.3 is 17.0 Å². The van der Waals surface area contributed by atoms with Gasteiger partial charge in [-0.05, 0) is 11.5 Å². The van der Waals surface area contributed by atoms with Gasteiger partial charge in [0.05, 0.1) is 0 Å². The van der Waals surface area contributed by atoms with Gasteiger partial charge in [-0.1, -0.05) is 44.2 Å². The number of halogens is 1. The number of pyridine rings is 1. The van der Waals surface area contributed by atoms with Crippen LogP contribution in [0.25, 0.3) is 0 Å². The molecule has 0 radical (unpaired) electrons. The van der Waals surface area contributed by atoms with Crippen LogP contribution in [0.15, 0.2) is 54.9 Å². The third-order valence-corrected chi connectivity index (χ3v) is 3.01. The molecule has 0 bridgehead atoms. The zero-order valence-electron chi connectivity index (χ0n) is 11.2. The minimum absolute atomic E-state index is 0. The van der Waals surface area contributed by atoms with Crippen LogP contribution in [-0.4, -0.2) is 5.78 Å². The van der Waals surface area contributed by atoms with E-state index in [1.54, 1.807) is 0 Å². The quantitative estimate of drug-likeness (QED) is 0.573. The van der Waals surface area contributed by atoms with Gasteiger partial charge in [-0.3, -0.25) is 4.79 Å². The smallest absolute Gasteiger partial charge is 0.227 e. The second-order valence-corrected chi connectivity index (χ2v) is 4.75. The minimum atomic E-state index is 0. The maximum atomic E-state index is 12.0. The molecule has 0 unspecified atom stereocenters. The Hall–Kier alpha value is -1.48. The number of nitrogens with zero attached hydrogens (tertiary/aromatic N) is 1. The van der Waals surface area contributed by atoms with Gasteiger partial charge in [0.1, 0.15) is 0 Å². The van der Waals surface area contributed by atoms with Crippen molar-refractivity contribution in [3.8, 4) is 0 Å². The van der Waals surface area contributed by atoms with Crippen LogP contribution < -0.4 is 21.5 Å². The Morgan fingerprint density at radius 1 is 1.05 bits per heavy atom. The molecule has 1 aromatic carbocycles. The Labute approximate surface area is 124 Å². The summed E-state index contributed by atoms with van der Waals surface area (Å²) >= 11 is 0. The highest BCUT2D eigenvalue weighted by atomic mass is 79.9. The molecule has 100 valence electrons. The van der Waals surface area contributed by atoms with E-state index >= 15 is 0 Å². The molecule has 0 aliphatic heterocycles. The van der Waals surface area contributed by atoms with Crippen molar-refractivity contribution in [3.05, 3.63) is 66.0 Å². The normalized spacial score (nSPS) is 10.1. The van der Waals surface area contributed by atoms with Crippen LogP contribution in [0.3, 0.4) is 0 Å². The number of ketones is 1. The summed E-state index contributed by atoms with van der Waals surface area (Å²) in [5.41, 5.74) is 2.05. The summed E-state index contributed by atoms with van der Waals surface area (Å²) in [4.78, 5) is 12.0. The van der Waals surface area contributed by atoms with E-state index in [1.165, 1.54) is 5.56 Å². The van der Waals surface area contributed by atoms with E-state index in [9.17, 15) is 4.79 Å². The van der Waals surface area contributed by atoms with E-state index in [0.29, 0.717) is 12.5 Å². The molecule has 2 aromatic rings. The van der Waals surface area contributed by atoms with Gasteiger partial charge in [0.25, 0.3) is 0 Å². The topological polar surface area (TPSA) is 20.9 Å². The first-order chi connectivity index (χ1) is 8.66. The summed E-state index contributed by atoms with van der Waals surface area (Å²) in [6, 6.07) is 13.5. The van der Waals surface area contributed by atoms with Crippen LogP contribution in [-0.2, 0) is 6.54 Å². The molecule has 1 aromatic heterocycles. The molecule has 0 saturated carbocycles. The molecule has 0 amide bonds. The van der Waals surface area contributed by atoms with Gasteiger partial charge in [-0.25, -0.2) is 0 Å². The summed E-state index contributed by atoms with van der Waals surface area (Å²) in [5.74, 6) is 0.655. The number of aromatic nitrogens is 1. The molecule has 19 heavy (non-hydrogen) atoms. The third kappa shape index (κ3) is 4.28. The number of carbonyl (C=O) groups excluding carboxylic acids is 1. The maximum absolute atomic E-state index is 12.0. The molecule has 0 aliphatic carbocycles. The van der Waals surface area contributed by atoms with Crippen LogP contribution in [0.2, 0.25) is 0 Å². The number of benzene rings is 1. The van der Waals surface area contributed by atoms with E-state index in [0.717, 1.165) is 5.56 Å². The number of hydrogen-bond donors (Lipinski definition) is 0.